The minimum absolute atomic E-state index is 0.429. The summed E-state index contributed by atoms with van der Waals surface area (Å²) in [6, 6.07) is 9.39. The fourth-order valence-corrected chi connectivity index (χ4v) is 4.19. The van der Waals surface area contributed by atoms with Gasteiger partial charge in [-0.3, -0.25) is 0 Å². The zero-order chi connectivity index (χ0) is 14.7. The highest BCUT2D eigenvalue weighted by atomic mass is 15.1. The van der Waals surface area contributed by atoms with Gasteiger partial charge in [0.25, 0.3) is 0 Å². The van der Waals surface area contributed by atoms with Gasteiger partial charge in [0.15, 0.2) is 0 Å². The van der Waals surface area contributed by atoms with Crippen molar-refractivity contribution in [3.8, 4) is 0 Å². The Morgan fingerprint density at radius 3 is 2.38 bits per heavy atom. The Morgan fingerprint density at radius 1 is 1.10 bits per heavy atom. The van der Waals surface area contributed by atoms with Gasteiger partial charge in [0.1, 0.15) is 0 Å². The highest BCUT2D eigenvalue weighted by Gasteiger charge is 2.29. The van der Waals surface area contributed by atoms with Gasteiger partial charge >= 0.3 is 0 Å². The van der Waals surface area contributed by atoms with Crippen molar-refractivity contribution < 1.29 is 0 Å². The summed E-state index contributed by atoms with van der Waals surface area (Å²) in [6.45, 7) is 5.96. The van der Waals surface area contributed by atoms with Gasteiger partial charge < -0.3 is 10.6 Å². The van der Waals surface area contributed by atoms with Crippen LogP contribution in [0.1, 0.15) is 43.7 Å². The molecule has 3 atom stereocenters. The van der Waals surface area contributed by atoms with Gasteiger partial charge in [0, 0.05) is 25.7 Å². The van der Waals surface area contributed by atoms with Crippen LogP contribution in [-0.2, 0) is 12.8 Å². The molecule has 1 fully saturated rings. The molecular weight excluding hydrogens is 256 g/mol. The molecule has 0 aromatic heterocycles. The monoisotopic (exact) mass is 286 g/mol. The molecule has 2 N–H and O–H groups in total. The normalized spacial score (nSPS) is 30.7. The van der Waals surface area contributed by atoms with Gasteiger partial charge in [-0.2, -0.15) is 0 Å². The van der Waals surface area contributed by atoms with E-state index in [1.54, 1.807) is 11.1 Å². The third kappa shape index (κ3) is 3.67. The lowest BCUT2D eigenvalue weighted by Gasteiger charge is -2.36. The topological polar surface area (TPSA) is 29.3 Å². The average Bonchev–Trinajstić information content (AvgIpc) is 2.72. The molecule has 1 heterocycles. The Kier molecular flexibility index (Phi) is 4.97. The lowest BCUT2D eigenvalue weighted by Crippen LogP contribution is -2.43. The van der Waals surface area contributed by atoms with Gasteiger partial charge in [0.2, 0.25) is 0 Å². The van der Waals surface area contributed by atoms with Crippen LogP contribution in [0.3, 0.4) is 0 Å². The van der Waals surface area contributed by atoms with Crippen LogP contribution in [0, 0.1) is 11.8 Å². The second kappa shape index (κ2) is 6.93. The van der Waals surface area contributed by atoms with Crippen LogP contribution in [0.15, 0.2) is 24.3 Å². The van der Waals surface area contributed by atoms with Gasteiger partial charge in [-0.15, -0.1) is 0 Å². The second-order valence-corrected chi connectivity index (χ2v) is 7.08. The summed E-state index contributed by atoms with van der Waals surface area (Å²) in [5.41, 5.74) is 9.52. The molecule has 3 unspecified atom stereocenters. The number of rotatable bonds is 3. The smallest absolute Gasteiger partial charge is 0.00795 e. The first kappa shape index (κ1) is 15.1. The molecule has 0 amide bonds. The molecule has 1 aromatic carbocycles. The van der Waals surface area contributed by atoms with Crippen LogP contribution in [0.4, 0.5) is 0 Å². The predicted molar refractivity (Wildman–Crippen MR) is 89.4 cm³/mol. The molecule has 1 aliphatic carbocycles. The Morgan fingerprint density at radius 2 is 1.76 bits per heavy atom. The molecule has 3 rings (SSSR count). The summed E-state index contributed by atoms with van der Waals surface area (Å²) in [7, 11) is 0. The van der Waals surface area contributed by atoms with E-state index in [0.717, 1.165) is 5.92 Å². The first-order chi connectivity index (χ1) is 10.3. The number of nitrogens with two attached hydrogens (primary N) is 1. The van der Waals surface area contributed by atoms with Crippen LogP contribution in [0.2, 0.25) is 0 Å². The van der Waals surface area contributed by atoms with Crippen LogP contribution in [0.5, 0.6) is 0 Å². The second-order valence-electron chi connectivity index (χ2n) is 7.08. The number of fused-ring (bicyclic) bond motifs is 1. The van der Waals surface area contributed by atoms with E-state index in [-0.39, 0.29) is 0 Å². The van der Waals surface area contributed by atoms with Gasteiger partial charge in [-0.25, -0.2) is 0 Å². The zero-order valence-electron chi connectivity index (χ0n) is 13.4. The molecule has 1 aromatic rings. The molecular formula is C19H30N2. The number of benzene rings is 1. The zero-order valence-corrected chi connectivity index (χ0v) is 13.4. The van der Waals surface area contributed by atoms with E-state index < -0.39 is 0 Å². The van der Waals surface area contributed by atoms with E-state index in [1.165, 1.54) is 58.2 Å². The van der Waals surface area contributed by atoms with E-state index in [2.05, 4.69) is 36.1 Å². The van der Waals surface area contributed by atoms with E-state index in [9.17, 15) is 0 Å². The molecule has 116 valence electrons. The van der Waals surface area contributed by atoms with Crippen LogP contribution >= 0.6 is 0 Å². The van der Waals surface area contributed by atoms with Crippen molar-refractivity contribution in [2.45, 2.75) is 51.5 Å². The Bertz CT molecular complexity index is 430. The molecule has 0 saturated heterocycles. The third-order valence-corrected chi connectivity index (χ3v) is 5.73. The van der Waals surface area contributed by atoms with Crippen molar-refractivity contribution in [2.75, 3.05) is 19.6 Å². The van der Waals surface area contributed by atoms with Crippen molar-refractivity contribution in [3.05, 3.63) is 35.4 Å². The maximum atomic E-state index is 6.41. The summed E-state index contributed by atoms with van der Waals surface area (Å²) >= 11 is 0. The van der Waals surface area contributed by atoms with Crippen LogP contribution in [0.25, 0.3) is 0 Å². The minimum atomic E-state index is 0.429. The quantitative estimate of drug-likeness (QED) is 0.924. The summed E-state index contributed by atoms with van der Waals surface area (Å²) in [5, 5.41) is 0. The molecule has 0 spiro atoms. The number of hydrogen-bond acceptors (Lipinski definition) is 2. The molecule has 1 aliphatic heterocycles. The van der Waals surface area contributed by atoms with E-state index in [4.69, 9.17) is 5.73 Å². The SMILES string of the molecule is CCC1CCC(N)C(CN2CCc3ccccc3CC2)C1. The molecule has 21 heavy (non-hydrogen) atoms. The van der Waals surface area contributed by atoms with Gasteiger partial charge in [-0.05, 0) is 55.1 Å². The van der Waals surface area contributed by atoms with Gasteiger partial charge in [0.05, 0.1) is 0 Å². The first-order valence-electron chi connectivity index (χ1n) is 8.81. The lowest BCUT2D eigenvalue weighted by atomic mass is 9.77. The van der Waals surface area contributed by atoms with Crippen molar-refractivity contribution in [1.29, 1.82) is 0 Å². The van der Waals surface area contributed by atoms with Crippen molar-refractivity contribution in [3.63, 3.8) is 0 Å². The molecule has 0 bridgehead atoms. The van der Waals surface area contributed by atoms with Crippen molar-refractivity contribution in [2.24, 2.45) is 17.6 Å². The Hall–Kier alpha value is -0.860. The molecule has 2 heteroatoms. The summed E-state index contributed by atoms with van der Waals surface area (Å²) in [4.78, 5) is 2.67. The van der Waals surface area contributed by atoms with Crippen LogP contribution < -0.4 is 5.73 Å². The predicted octanol–water partition coefficient (Wildman–Crippen LogP) is 3.24. The fourth-order valence-electron chi connectivity index (χ4n) is 4.19. The summed E-state index contributed by atoms with van der Waals surface area (Å²) in [6.07, 6.45) is 7.66. The highest BCUT2D eigenvalue weighted by Crippen LogP contribution is 2.31. The average molecular weight is 286 g/mol. The minimum Gasteiger partial charge on any atom is -0.327 e. The van der Waals surface area contributed by atoms with Crippen molar-refractivity contribution >= 4 is 0 Å². The molecule has 2 aliphatic rings. The maximum Gasteiger partial charge on any atom is 0.00795 e. The van der Waals surface area contributed by atoms with Gasteiger partial charge in [-0.1, -0.05) is 37.6 Å². The highest BCUT2D eigenvalue weighted by molar-refractivity contribution is 5.28. The van der Waals surface area contributed by atoms with E-state index in [0.29, 0.717) is 12.0 Å². The van der Waals surface area contributed by atoms with E-state index >= 15 is 0 Å². The summed E-state index contributed by atoms with van der Waals surface area (Å²) in [5.74, 6) is 1.63. The Labute approximate surface area is 129 Å². The lowest BCUT2D eigenvalue weighted by molar-refractivity contribution is 0.157. The first-order valence-corrected chi connectivity index (χ1v) is 8.81. The molecule has 2 nitrogen and oxygen atoms in total. The Balaban J connectivity index is 1.58. The molecule has 1 saturated carbocycles. The fraction of sp³-hybridized carbons (Fsp3) is 0.684. The van der Waals surface area contributed by atoms with Crippen LogP contribution in [-0.4, -0.2) is 30.6 Å². The standard InChI is InChI=1S/C19H30N2/c1-2-15-7-8-19(20)18(13-15)14-21-11-9-16-5-3-4-6-17(16)10-12-21/h3-6,15,18-19H,2,7-14,20H2,1H3. The number of nitrogens with zero attached hydrogens (tertiary/aromatic N) is 1. The largest absolute Gasteiger partial charge is 0.327 e. The summed E-state index contributed by atoms with van der Waals surface area (Å²) < 4.78 is 0. The molecule has 0 radical (unpaired) electrons. The maximum absolute atomic E-state index is 6.41. The van der Waals surface area contributed by atoms with Crippen molar-refractivity contribution in [1.82, 2.24) is 4.90 Å². The third-order valence-electron chi connectivity index (χ3n) is 5.73. The van der Waals surface area contributed by atoms with E-state index in [1.807, 2.05) is 0 Å². The number of hydrogen-bond donors (Lipinski definition) is 1.